The van der Waals surface area contributed by atoms with Crippen molar-refractivity contribution in [2.45, 2.75) is 6.92 Å². The summed E-state index contributed by atoms with van der Waals surface area (Å²) >= 11 is 0. The van der Waals surface area contributed by atoms with Crippen molar-refractivity contribution < 1.29 is 17.5 Å². The van der Waals surface area contributed by atoms with Crippen LogP contribution in [-0.4, -0.2) is 32.4 Å². The number of nitrogens with zero attached hydrogens (tertiary/aromatic N) is 1. The molecule has 7 heteroatoms. The first-order valence-electron chi connectivity index (χ1n) is 5.23. The van der Waals surface area contributed by atoms with E-state index in [2.05, 4.69) is 4.72 Å². The summed E-state index contributed by atoms with van der Waals surface area (Å²) in [5.41, 5.74) is 0.192. The van der Waals surface area contributed by atoms with Crippen LogP contribution in [0.25, 0.3) is 0 Å². The molecule has 1 aromatic rings. The van der Waals surface area contributed by atoms with E-state index in [1.807, 2.05) is 0 Å². The maximum atomic E-state index is 13.5. The molecule has 1 fully saturated rings. The van der Waals surface area contributed by atoms with Crippen LogP contribution in [-0.2, 0) is 10.2 Å². The summed E-state index contributed by atoms with van der Waals surface area (Å²) in [6, 6.07) is 3.97. The predicted octanol–water partition coefficient (Wildman–Crippen LogP) is 1.20. The molecule has 17 heavy (non-hydrogen) atoms. The Kier molecular flexibility index (Phi) is 3.21. The number of rotatable bonds is 5. The van der Waals surface area contributed by atoms with Crippen molar-refractivity contribution in [2.24, 2.45) is 0 Å². The minimum absolute atomic E-state index is 0.113. The topological polar surface area (TPSA) is 58.4 Å². The second kappa shape index (κ2) is 4.50. The summed E-state index contributed by atoms with van der Waals surface area (Å²) in [7, 11) is -3.51. The smallest absolute Gasteiger partial charge is 0.301 e. The van der Waals surface area contributed by atoms with Crippen LogP contribution in [0.1, 0.15) is 6.92 Å². The largest absolute Gasteiger partial charge is 0.491 e. The van der Waals surface area contributed by atoms with Gasteiger partial charge in [0.25, 0.3) is 0 Å². The molecule has 0 atom stereocenters. The normalized spacial score (nSPS) is 15.6. The molecule has 5 nitrogen and oxygen atoms in total. The Morgan fingerprint density at radius 1 is 1.47 bits per heavy atom. The maximum Gasteiger partial charge on any atom is 0.301 e. The van der Waals surface area contributed by atoms with Crippen LogP contribution in [0.2, 0.25) is 0 Å². The average Bonchev–Trinajstić information content (AvgIpc) is 3.05. The Morgan fingerprint density at radius 2 is 2.18 bits per heavy atom. The highest BCUT2D eigenvalue weighted by Crippen LogP contribution is 2.23. The Labute approximate surface area is 99.4 Å². The zero-order valence-electron chi connectivity index (χ0n) is 9.31. The van der Waals surface area contributed by atoms with Crippen molar-refractivity contribution in [1.29, 1.82) is 0 Å². The van der Waals surface area contributed by atoms with E-state index in [-0.39, 0.29) is 11.4 Å². The minimum Gasteiger partial charge on any atom is -0.491 e. The first kappa shape index (κ1) is 12.1. The molecule has 1 N–H and O–H groups in total. The van der Waals surface area contributed by atoms with Crippen LogP contribution >= 0.6 is 0 Å². The maximum absolute atomic E-state index is 13.5. The van der Waals surface area contributed by atoms with Gasteiger partial charge in [0.1, 0.15) is 0 Å². The molecule has 1 aliphatic heterocycles. The molecule has 1 aromatic carbocycles. The van der Waals surface area contributed by atoms with Crippen molar-refractivity contribution in [3.8, 4) is 5.75 Å². The summed E-state index contributed by atoms with van der Waals surface area (Å²) in [5.74, 6) is -0.472. The average molecular weight is 260 g/mol. The van der Waals surface area contributed by atoms with Gasteiger partial charge in [0, 0.05) is 19.2 Å². The molecule has 1 heterocycles. The van der Waals surface area contributed by atoms with Gasteiger partial charge in [0.15, 0.2) is 11.6 Å². The van der Waals surface area contributed by atoms with Crippen LogP contribution in [0.4, 0.5) is 10.1 Å². The van der Waals surface area contributed by atoms with Crippen molar-refractivity contribution >= 4 is 15.9 Å². The molecule has 2 rings (SSSR count). The summed E-state index contributed by atoms with van der Waals surface area (Å²) in [5, 5.41) is 0. The molecule has 0 amide bonds. The van der Waals surface area contributed by atoms with Crippen LogP contribution in [0.3, 0.4) is 0 Å². The molecular weight excluding hydrogens is 247 g/mol. The first-order valence-corrected chi connectivity index (χ1v) is 6.67. The van der Waals surface area contributed by atoms with Crippen molar-refractivity contribution in [1.82, 2.24) is 4.31 Å². The SMILES string of the molecule is CCOc1ccc(NS(=O)(=O)N2CC2)cc1F. The third-order valence-corrected chi connectivity index (χ3v) is 3.76. The van der Waals surface area contributed by atoms with Crippen LogP contribution < -0.4 is 9.46 Å². The van der Waals surface area contributed by atoms with E-state index in [1.54, 1.807) is 6.92 Å². The number of nitrogens with one attached hydrogen (secondary N) is 1. The highest BCUT2D eigenvalue weighted by atomic mass is 32.2. The van der Waals surface area contributed by atoms with Gasteiger partial charge in [-0.1, -0.05) is 0 Å². The van der Waals surface area contributed by atoms with E-state index in [9.17, 15) is 12.8 Å². The molecule has 0 aromatic heterocycles. The number of hydrogen-bond donors (Lipinski definition) is 1. The number of ether oxygens (including phenoxy) is 1. The Bertz CT molecular complexity index is 514. The van der Waals surface area contributed by atoms with Crippen LogP contribution in [0.5, 0.6) is 5.75 Å². The Balaban J connectivity index is 2.14. The number of anilines is 1. The van der Waals surface area contributed by atoms with Gasteiger partial charge in [-0.25, -0.2) is 4.39 Å². The van der Waals surface area contributed by atoms with Gasteiger partial charge < -0.3 is 4.74 Å². The molecule has 0 spiro atoms. The summed E-state index contributed by atoms with van der Waals surface area (Å²) in [6.07, 6.45) is 0. The highest BCUT2D eigenvalue weighted by Gasteiger charge is 2.31. The van der Waals surface area contributed by atoms with Crippen molar-refractivity contribution in [2.75, 3.05) is 24.4 Å². The van der Waals surface area contributed by atoms with Gasteiger partial charge in [-0.3, -0.25) is 4.72 Å². The number of hydrogen-bond acceptors (Lipinski definition) is 3. The quantitative estimate of drug-likeness (QED) is 0.809. The zero-order valence-corrected chi connectivity index (χ0v) is 10.1. The van der Waals surface area contributed by atoms with Gasteiger partial charge in [-0.2, -0.15) is 12.7 Å². The second-order valence-electron chi connectivity index (χ2n) is 3.58. The molecule has 1 aliphatic rings. The van der Waals surface area contributed by atoms with E-state index in [0.29, 0.717) is 19.7 Å². The number of benzene rings is 1. The lowest BCUT2D eigenvalue weighted by Crippen LogP contribution is -2.20. The highest BCUT2D eigenvalue weighted by molar-refractivity contribution is 7.90. The van der Waals surface area contributed by atoms with E-state index in [4.69, 9.17) is 4.74 Å². The van der Waals surface area contributed by atoms with Gasteiger partial charge >= 0.3 is 10.2 Å². The van der Waals surface area contributed by atoms with E-state index in [1.165, 1.54) is 16.4 Å². The molecular formula is C10H13FN2O3S. The van der Waals surface area contributed by atoms with Crippen molar-refractivity contribution in [3.63, 3.8) is 0 Å². The van der Waals surface area contributed by atoms with E-state index in [0.717, 1.165) is 6.07 Å². The Morgan fingerprint density at radius 3 is 2.71 bits per heavy atom. The fourth-order valence-electron chi connectivity index (χ4n) is 1.33. The van der Waals surface area contributed by atoms with Gasteiger partial charge in [0.2, 0.25) is 0 Å². The summed E-state index contributed by atoms with van der Waals surface area (Å²) in [4.78, 5) is 0. The van der Waals surface area contributed by atoms with Gasteiger partial charge in [0.05, 0.1) is 12.3 Å². The molecule has 94 valence electrons. The van der Waals surface area contributed by atoms with Crippen LogP contribution in [0, 0.1) is 5.82 Å². The molecule has 0 bridgehead atoms. The minimum atomic E-state index is -3.51. The lowest BCUT2D eigenvalue weighted by molar-refractivity contribution is 0.321. The molecule has 0 radical (unpaired) electrons. The fourth-order valence-corrected chi connectivity index (χ4v) is 2.45. The molecule has 0 saturated carbocycles. The van der Waals surface area contributed by atoms with E-state index < -0.39 is 16.0 Å². The molecule has 0 unspecified atom stereocenters. The first-order chi connectivity index (χ1) is 8.03. The van der Waals surface area contributed by atoms with Crippen LogP contribution in [0.15, 0.2) is 18.2 Å². The standard InChI is InChI=1S/C10H13FN2O3S/c1-2-16-10-4-3-8(7-9(10)11)12-17(14,15)13-5-6-13/h3-4,7,12H,2,5-6H2,1H3. The monoisotopic (exact) mass is 260 g/mol. The van der Waals surface area contributed by atoms with Crippen molar-refractivity contribution in [3.05, 3.63) is 24.0 Å². The second-order valence-corrected chi connectivity index (χ2v) is 5.26. The van der Waals surface area contributed by atoms with Gasteiger partial charge in [-0.15, -0.1) is 0 Å². The summed E-state index contributed by atoms with van der Waals surface area (Å²) in [6.45, 7) is 3.12. The lowest BCUT2D eigenvalue weighted by Gasteiger charge is -2.09. The fraction of sp³-hybridized carbons (Fsp3) is 0.400. The molecule has 1 saturated heterocycles. The van der Waals surface area contributed by atoms with Gasteiger partial charge in [-0.05, 0) is 19.1 Å². The predicted molar refractivity (Wildman–Crippen MR) is 61.7 cm³/mol. The third kappa shape index (κ3) is 2.86. The number of halogens is 1. The Hall–Kier alpha value is -1.34. The third-order valence-electron chi connectivity index (χ3n) is 2.22. The lowest BCUT2D eigenvalue weighted by atomic mass is 10.3. The van der Waals surface area contributed by atoms with E-state index >= 15 is 0 Å². The molecule has 0 aliphatic carbocycles. The zero-order chi connectivity index (χ0) is 12.5. The summed E-state index contributed by atoms with van der Waals surface area (Å²) < 4.78 is 45.1.